The summed E-state index contributed by atoms with van der Waals surface area (Å²) in [6, 6.07) is 0.278. The van der Waals surface area contributed by atoms with Gasteiger partial charge in [0.05, 0.1) is 12.1 Å². The molecule has 5 nitrogen and oxygen atoms in total. The Labute approximate surface area is 106 Å². The third-order valence-electron chi connectivity index (χ3n) is 2.87. The average molecular weight is 256 g/mol. The van der Waals surface area contributed by atoms with Crippen molar-refractivity contribution in [1.29, 1.82) is 0 Å². The molecule has 1 fully saturated rings. The molecule has 2 heterocycles. The lowest BCUT2D eigenvalue weighted by Crippen LogP contribution is -2.33. The zero-order chi connectivity index (χ0) is 12.5. The highest BCUT2D eigenvalue weighted by Crippen LogP contribution is 2.24. The number of anilines is 1. The van der Waals surface area contributed by atoms with Crippen LogP contribution in [0.4, 0.5) is 5.13 Å². The van der Waals surface area contributed by atoms with Gasteiger partial charge in [-0.05, 0) is 0 Å². The van der Waals surface area contributed by atoms with Gasteiger partial charge in [-0.15, -0.1) is 0 Å². The van der Waals surface area contributed by atoms with Crippen LogP contribution in [0.2, 0.25) is 0 Å². The summed E-state index contributed by atoms with van der Waals surface area (Å²) in [5.74, 6) is 0.893. The van der Waals surface area contributed by atoms with Crippen LogP contribution in [0.1, 0.15) is 26.6 Å². The van der Waals surface area contributed by atoms with Crippen LogP contribution < -0.4 is 10.6 Å². The van der Waals surface area contributed by atoms with Gasteiger partial charge in [0.1, 0.15) is 5.82 Å². The highest BCUT2D eigenvalue weighted by molar-refractivity contribution is 7.09. The molecule has 0 aromatic carbocycles. The van der Waals surface area contributed by atoms with E-state index in [-0.39, 0.29) is 17.6 Å². The Morgan fingerprint density at radius 2 is 2.18 bits per heavy atom. The SMILES string of the molecule is CO[C@H]1CNCC1Nc1nc(C(C)(C)C)ns1. The van der Waals surface area contributed by atoms with Gasteiger partial charge in [0.25, 0.3) is 0 Å². The molecular weight excluding hydrogens is 236 g/mol. The zero-order valence-electron chi connectivity index (χ0n) is 10.8. The first-order valence-electron chi connectivity index (χ1n) is 5.85. The standard InChI is InChI=1S/C11H20N4OS/c1-11(2,3)9-14-10(17-15-9)13-7-5-12-6-8(7)16-4/h7-8,12H,5-6H2,1-4H3,(H,13,14,15)/t7?,8-/m0/s1. The number of hydrogen-bond donors (Lipinski definition) is 2. The van der Waals surface area contributed by atoms with E-state index in [2.05, 4.69) is 40.8 Å². The molecule has 1 aliphatic heterocycles. The van der Waals surface area contributed by atoms with Gasteiger partial charge in [0.15, 0.2) is 0 Å². The van der Waals surface area contributed by atoms with E-state index in [0.29, 0.717) is 0 Å². The van der Waals surface area contributed by atoms with Crippen LogP contribution in [0, 0.1) is 0 Å². The predicted octanol–water partition coefficient (Wildman–Crippen LogP) is 1.23. The van der Waals surface area contributed by atoms with E-state index in [1.807, 2.05) is 0 Å². The number of nitrogens with zero attached hydrogens (tertiary/aromatic N) is 2. The fourth-order valence-corrected chi connectivity index (χ4v) is 2.61. The number of hydrogen-bond acceptors (Lipinski definition) is 6. The number of aromatic nitrogens is 2. The summed E-state index contributed by atoms with van der Waals surface area (Å²) >= 11 is 1.42. The maximum Gasteiger partial charge on any atom is 0.202 e. The lowest BCUT2D eigenvalue weighted by atomic mass is 9.96. The summed E-state index contributed by atoms with van der Waals surface area (Å²) in [5.41, 5.74) is 0.00497. The van der Waals surface area contributed by atoms with Gasteiger partial charge in [0.2, 0.25) is 5.13 Å². The monoisotopic (exact) mass is 256 g/mol. The Morgan fingerprint density at radius 3 is 2.76 bits per heavy atom. The summed E-state index contributed by atoms with van der Waals surface area (Å²) in [4.78, 5) is 4.53. The molecule has 0 spiro atoms. The van der Waals surface area contributed by atoms with E-state index in [1.165, 1.54) is 11.5 Å². The Hall–Kier alpha value is -0.720. The lowest BCUT2D eigenvalue weighted by Gasteiger charge is -2.17. The molecule has 1 saturated heterocycles. The molecular formula is C11H20N4OS. The van der Waals surface area contributed by atoms with Crippen LogP contribution >= 0.6 is 11.5 Å². The summed E-state index contributed by atoms with van der Waals surface area (Å²) in [5, 5.41) is 7.57. The normalized spacial score (nSPS) is 25.2. The summed E-state index contributed by atoms with van der Waals surface area (Å²) in [7, 11) is 1.74. The van der Waals surface area contributed by atoms with Crippen molar-refractivity contribution in [3.05, 3.63) is 5.82 Å². The highest BCUT2D eigenvalue weighted by Gasteiger charge is 2.28. The maximum atomic E-state index is 5.40. The molecule has 0 radical (unpaired) electrons. The summed E-state index contributed by atoms with van der Waals surface area (Å²) in [6.45, 7) is 8.15. The molecule has 1 unspecified atom stereocenters. The number of ether oxygens (including phenoxy) is 1. The molecule has 0 saturated carbocycles. The molecule has 1 aliphatic rings. The van der Waals surface area contributed by atoms with E-state index >= 15 is 0 Å². The number of methoxy groups -OCH3 is 1. The maximum absolute atomic E-state index is 5.40. The molecule has 2 rings (SSSR count). The molecule has 17 heavy (non-hydrogen) atoms. The Kier molecular flexibility index (Phi) is 3.65. The van der Waals surface area contributed by atoms with Crippen molar-refractivity contribution in [3.63, 3.8) is 0 Å². The van der Waals surface area contributed by atoms with Crippen LogP contribution in [0.15, 0.2) is 0 Å². The third-order valence-corrected chi connectivity index (χ3v) is 3.51. The largest absolute Gasteiger partial charge is 0.378 e. The summed E-state index contributed by atoms with van der Waals surface area (Å²) < 4.78 is 9.79. The van der Waals surface area contributed by atoms with Gasteiger partial charge in [-0.2, -0.15) is 4.37 Å². The van der Waals surface area contributed by atoms with E-state index < -0.39 is 0 Å². The third kappa shape index (κ3) is 2.94. The minimum absolute atomic E-state index is 0.00497. The Bertz CT molecular complexity index is 374. The molecule has 1 aromatic heterocycles. The average Bonchev–Trinajstić information content (AvgIpc) is 2.86. The number of nitrogens with one attached hydrogen (secondary N) is 2. The predicted molar refractivity (Wildman–Crippen MR) is 69.7 cm³/mol. The fourth-order valence-electron chi connectivity index (χ4n) is 1.79. The van der Waals surface area contributed by atoms with Gasteiger partial charge in [-0.1, -0.05) is 20.8 Å². The fraction of sp³-hybridized carbons (Fsp3) is 0.818. The quantitative estimate of drug-likeness (QED) is 0.852. The van der Waals surface area contributed by atoms with Crippen LogP contribution in [-0.4, -0.2) is 41.7 Å². The smallest absolute Gasteiger partial charge is 0.202 e. The van der Waals surface area contributed by atoms with Crippen LogP contribution in [0.3, 0.4) is 0 Å². The molecule has 2 atom stereocenters. The second-order valence-corrected chi connectivity index (χ2v) is 6.11. The number of rotatable bonds is 3. The first kappa shape index (κ1) is 12.7. The van der Waals surface area contributed by atoms with Gasteiger partial charge >= 0.3 is 0 Å². The van der Waals surface area contributed by atoms with E-state index in [0.717, 1.165) is 24.0 Å². The second-order valence-electron chi connectivity index (χ2n) is 5.36. The Morgan fingerprint density at radius 1 is 1.41 bits per heavy atom. The van der Waals surface area contributed by atoms with Crippen molar-refractivity contribution in [2.45, 2.75) is 38.3 Å². The topological polar surface area (TPSA) is 59.1 Å². The van der Waals surface area contributed by atoms with Crippen molar-refractivity contribution in [2.24, 2.45) is 0 Å². The van der Waals surface area contributed by atoms with Crippen molar-refractivity contribution >= 4 is 16.7 Å². The zero-order valence-corrected chi connectivity index (χ0v) is 11.6. The van der Waals surface area contributed by atoms with E-state index in [4.69, 9.17) is 4.74 Å². The van der Waals surface area contributed by atoms with Crippen LogP contribution in [0.5, 0.6) is 0 Å². The summed E-state index contributed by atoms with van der Waals surface area (Å²) in [6.07, 6.45) is 0.206. The second kappa shape index (κ2) is 4.88. The van der Waals surface area contributed by atoms with Crippen LogP contribution in [-0.2, 0) is 10.2 Å². The lowest BCUT2D eigenvalue weighted by molar-refractivity contribution is 0.111. The molecule has 6 heteroatoms. The molecule has 1 aromatic rings. The van der Waals surface area contributed by atoms with Gasteiger partial charge in [0, 0.05) is 37.1 Å². The molecule has 0 bridgehead atoms. The van der Waals surface area contributed by atoms with Crippen LogP contribution in [0.25, 0.3) is 0 Å². The van der Waals surface area contributed by atoms with E-state index in [1.54, 1.807) is 7.11 Å². The van der Waals surface area contributed by atoms with E-state index in [9.17, 15) is 0 Å². The molecule has 2 N–H and O–H groups in total. The minimum atomic E-state index is 0.00497. The molecule has 0 aliphatic carbocycles. The molecule has 0 amide bonds. The van der Waals surface area contributed by atoms with Gasteiger partial charge in [-0.25, -0.2) is 4.98 Å². The highest BCUT2D eigenvalue weighted by atomic mass is 32.1. The van der Waals surface area contributed by atoms with Crippen molar-refractivity contribution in [1.82, 2.24) is 14.7 Å². The minimum Gasteiger partial charge on any atom is -0.378 e. The van der Waals surface area contributed by atoms with Crippen molar-refractivity contribution in [2.75, 3.05) is 25.5 Å². The molecule has 96 valence electrons. The van der Waals surface area contributed by atoms with Gasteiger partial charge < -0.3 is 15.4 Å². The van der Waals surface area contributed by atoms with Crippen molar-refractivity contribution < 1.29 is 4.74 Å². The first-order chi connectivity index (χ1) is 8.00. The van der Waals surface area contributed by atoms with Gasteiger partial charge in [-0.3, -0.25) is 0 Å². The van der Waals surface area contributed by atoms with Crippen molar-refractivity contribution in [3.8, 4) is 0 Å². The Balaban J connectivity index is 2.02. The first-order valence-corrected chi connectivity index (χ1v) is 6.62.